The van der Waals surface area contributed by atoms with Crippen molar-refractivity contribution in [3.05, 3.63) is 53.9 Å². The van der Waals surface area contributed by atoms with Gasteiger partial charge in [-0.05, 0) is 12.1 Å². The van der Waals surface area contributed by atoms with Crippen molar-refractivity contribution in [3.63, 3.8) is 0 Å². The minimum atomic E-state index is -5.08. The Hall–Kier alpha value is -3.05. The molecule has 3 aromatic rings. The fourth-order valence-electron chi connectivity index (χ4n) is 4.06. The first-order chi connectivity index (χ1) is 15.2. The first-order valence-corrected chi connectivity index (χ1v) is 9.99. The van der Waals surface area contributed by atoms with E-state index in [2.05, 4.69) is 39.4 Å². The van der Waals surface area contributed by atoms with Crippen molar-refractivity contribution < 1.29 is 32.2 Å². The van der Waals surface area contributed by atoms with E-state index in [1.54, 1.807) is 0 Å². The van der Waals surface area contributed by atoms with Crippen LogP contribution < -0.4 is 0 Å². The zero-order valence-corrected chi connectivity index (χ0v) is 17.1. The fourth-order valence-corrected chi connectivity index (χ4v) is 4.06. The molecule has 4 heterocycles. The molecule has 0 radical (unpaired) electrons. The third kappa shape index (κ3) is 4.89. The Balaban J connectivity index is 0.000000307. The molecule has 0 saturated carbocycles. The number of hydrogen-bond acceptors (Lipinski definition) is 7. The van der Waals surface area contributed by atoms with Gasteiger partial charge in [0, 0.05) is 37.9 Å². The van der Waals surface area contributed by atoms with Gasteiger partial charge in [-0.1, -0.05) is 24.3 Å². The smallest absolute Gasteiger partial charge is 0.475 e. The second kappa shape index (κ2) is 8.83. The highest BCUT2D eigenvalue weighted by molar-refractivity contribution is 5.78. The van der Waals surface area contributed by atoms with Gasteiger partial charge in [0.05, 0.1) is 29.8 Å². The minimum absolute atomic E-state index is 0.209. The maximum absolute atomic E-state index is 10.6. The molecule has 2 aromatic heterocycles. The number of hydrogen-bond donors (Lipinski definition) is 1. The number of ether oxygens (including phenoxy) is 1. The molecular weight excluding hydrogens is 429 g/mol. The third-order valence-corrected chi connectivity index (χ3v) is 5.53. The molecule has 0 spiro atoms. The van der Waals surface area contributed by atoms with Gasteiger partial charge in [0.15, 0.2) is 0 Å². The highest BCUT2D eigenvalue weighted by atomic mass is 19.4. The number of nitrogens with zero attached hydrogens (tertiary/aromatic N) is 4. The fraction of sp³-hybridized carbons (Fsp3) is 0.429. The summed E-state index contributed by atoms with van der Waals surface area (Å²) in [6, 6.07) is 12.5. The SMILES string of the molecule is Cc1nnc([C@@H]2CO[C@@H]3CN(Cc4ccc5ccccc5n4)C[C@@H]32)o1.O=C(O)C(F)(F)F. The Morgan fingerprint density at radius 2 is 1.94 bits per heavy atom. The molecule has 1 aromatic carbocycles. The largest absolute Gasteiger partial charge is 0.490 e. The summed E-state index contributed by atoms with van der Waals surface area (Å²) in [5.74, 6) is -0.794. The van der Waals surface area contributed by atoms with Crippen molar-refractivity contribution in [2.45, 2.75) is 31.7 Å². The van der Waals surface area contributed by atoms with Gasteiger partial charge in [0.1, 0.15) is 0 Å². The number of benzene rings is 1. The van der Waals surface area contributed by atoms with Crippen LogP contribution in [0.1, 0.15) is 23.4 Å². The predicted octanol–water partition coefficient (Wildman–Crippen LogP) is 3.17. The lowest BCUT2D eigenvalue weighted by molar-refractivity contribution is -0.192. The first kappa shape index (κ1) is 22.2. The Bertz CT molecular complexity index is 1100. The molecule has 3 atom stereocenters. The third-order valence-electron chi connectivity index (χ3n) is 5.53. The van der Waals surface area contributed by atoms with Crippen LogP contribution >= 0.6 is 0 Å². The van der Waals surface area contributed by atoms with Crippen LogP contribution in [0.15, 0.2) is 40.8 Å². The summed E-state index contributed by atoms with van der Waals surface area (Å²) in [7, 11) is 0. The van der Waals surface area contributed by atoms with Crippen molar-refractivity contribution in [3.8, 4) is 0 Å². The summed E-state index contributed by atoms with van der Waals surface area (Å²) in [5, 5.41) is 16.5. The van der Waals surface area contributed by atoms with E-state index in [1.165, 1.54) is 5.39 Å². The molecule has 2 saturated heterocycles. The number of alkyl halides is 3. The molecular formula is C21H21F3N4O4. The molecule has 2 fully saturated rings. The number of carboxylic acid groups (broad SMARTS) is 1. The van der Waals surface area contributed by atoms with Gasteiger partial charge in [-0.2, -0.15) is 13.2 Å². The molecule has 0 bridgehead atoms. The Morgan fingerprint density at radius 1 is 1.19 bits per heavy atom. The van der Waals surface area contributed by atoms with Crippen LogP contribution in [0.3, 0.4) is 0 Å². The number of aryl methyl sites for hydroxylation is 1. The van der Waals surface area contributed by atoms with Gasteiger partial charge in [0.2, 0.25) is 11.8 Å². The zero-order chi connectivity index (χ0) is 22.9. The number of pyridine rings is 1. The summed E-state index contributed by atoms with van der Waals surface area (Å²) < 4.78 is 43.4. The molecule has 32 heavy (non-hydrogen) atoms. The molecule has 0 unspecified atom stereocenters. The van der Waals surface area contributed by atoms with Crippen molar-refractivity contribution in [2.24, 2.45) is 5.92 Å². The summed E-state index contributed by atoms with van der Waals surface area (Å²) in [4.78, 5) is 16.1. The lowest BCUT2D eigenvalue weighted by Gasteiger charge is -2.18. The average Bonchev–Trinajstić information content (AvgIpc) is 3.43. The number of para-hydroxylation sites is 1. The molecule has 5 rings (SSSR count). The highest BCUT2D eigenvalue weighted by Crippen LogP contribution is 2.39. The van der Waals surface area contributed by atoms with Crippen LogP contribution in [0.4, 0.5) is 13.2 Å². The lowest BCUT2D eigenvalue weighted by atomic mass is 9.93. The second-order valence-electron chi connectivity index (χ2n) is 7.79. The average molecular weight is 450 g/mol. The molecule has 11 heteroatoms. The molecule has 2 aliphatic rings. The van der Waals surface area contributed by atoms with E-state index in [4.69, 9.17) is 24.0 Å². The standard InChI is InChI=1S/C19H20N4O2.C2HF3O2/c1-12-21-22-19(25-12)16-11-24-18-10-23(9-15(16)18)8-14-7-6-13-4-2-3-5-17(13)20-14;3-2(4,5)1(6)7/h2-7,15-16,18H,8-11H2,1H3;(H,6,7)/t15-,16-,18-;/m1./s1. The van der Waals surface area contributed by atoms with Crippen molar-refractivity contribution in [1.29, 1.82) is 0 Å². The molecule has 170 valence electrons. The molecule has 1 N–H and O–H groups in total. The summed E-state index contributed by atoms with van der Waals surface area (Å²) >= 11 is 0. The number of fused-ring (bicyclic) bond motifs is 2. The van der Waals surface area contributed by atoms with Crippen LogP contribution in [-0.4, -0.2) is 63.1 Å². The van der Waals surface area contributed by atoms with Gasteiger partial charge in [-0.3, -0.25) is 9.88 Å². The van der Waals surface area contributed by atoms with Crippen LogP contribution in [0.2, 0.25) is 0 Å². The van der Waals surface area contributed by atoms with E-state index in [-0.39, 0.29) is 12.0 Å². The number of rotatable bonds is 3. The van der Waals surface area contributed by atoms with Crippen LogP contribution in [-0.2, 0) is 16.1 Å². The predicted molar refractivity (Wildman–Crippen MR) is 106 cm³/mol. The minimum Gasteiger partial charge on any atom is -0.475 e. The monoisotopic (exact) mass is 450 g/mol. The van der Waals surface area contributed by atoms with Gasteiger partial charge in [-0.15, -0.1) is 10.2 Å². The Morgan fingerprint density at radius 3 is 2.62 bits per heavy atom. The quantitative estimate of drug-likeness (QED) is 0.649. The maximum atomic E-state index is 10.6. The topological polar surface area (TPSA) is 102 Å². The van der Waals surface area contributed by atoms with Gasteiger partial charge < -0.3 is 14.3 Å². The van der Waals surface area contributed by atoms with E-state index in [0.717, 1.165) is 36.7 Å². The van der Waals surface area contributed by atoms with Crippen molar-refractivity contribution >= 4 is 16.9 Å². The van der Waals surface area contributed by atoms with E-state index < -0.39 is 12.1 Å². The van der Waals surface area contributed by atoms with E-state index in [1.807, 2.05) is 19.1 Å². The van der Waals surface area contributed by atoms with Gasteiger partial charge >= 0.3 is 12.1 Å². The van der Waals surface area contributed by atoms with Crippen LogP contribution in [0, 0.1) is 12.8 Å². The summed E-state index contributed by atoms with van der Waals surface area (Å²) in [6.45, 7) is 5.26. The molecule has 2 aliphatic heterocycles. The lowest BCUT2D eigenvalue weighted by Crippen LogP contribution is -2.24. The molecule has 8 nitrogen and oxygen atoms in total. The van der Waals surface area contributed by atoms with Crippen molar-refractivity contribution in [2.75, 3.05) is 19.7 Å². The highest BCUT2D eigenvalue weighted by Gasteiger charge is 2.46. The summed E-state index contributed by atoms with van der Waals surface area (Å²) in [5.41, 5.74) is 2.15. The number of aromatic nitrogens is 3. The number of likely N-dealkylation sites (tertiary alicyclic amines) is 1. The normalized spacial score (nSPS) is 23.1. The molecule has 0 amide bonds. The number of aliphatic carboxylic acids is 1. The van der Waals surface area contributed by atoms with E-state index in [9.17, 15) is 13.2 Å². The number of carbonyl (C=O) groups is 1. The Kier molecular flexibility index (Phi) is 6.11. The Labute approximate surface area is 181 Å². The van der Waals surface area contributed by atoms with Crippen LogP contribution in [0.5, 0.6) is 0 Å². The number of halogens is 3. The number of carboxylic acids is 1. The molecule has 0 aliphatic carbocycles. The zero-order valence-electron chi connectivity index (χ0n) is 17.1. The maximum Gasteiger partial charge on any atom is 0.490 e. The van der Waals surface area contributed by atoms with Crippen LogP contribution in [0.25, 0.3) is 10.9 Å². The van der Waals surface area contributed by atoms with Gasteiger partial charge in [-0.25, -0.2) is 4.79 Å². The van der Waals surface area contributed by atoms with E-state index in [0.29, 0.717) is 18.4 Å². The summed E-state index contributed by atoms with van der Waals surface area (Å²) in [6.07, 6.45) is -4.84. The van der Waals surface area contributed by atoms with E-state index >= 15 is 0 Å². The first-order valence-electron chi connectivity index (χ1n) is 9.99. The van der Waals surface area contributed by atoms with Gasteiger partial charge in [0.25, 0.3) is 0 Å². The second-order valence-corrected chi connectivity index (χ2v) is 7.79. The van der Waals surface area contributed by atoms with Crippen molar-refractivity contribution in [1.82, 2.24) is 20.1 Å².